The molecule has 0 spiro atoms. The first-order chi connectivity index (χ1) is 4.93. The number of halogens is 2. The third kappa shape index (κ3) is 4.73. The molecular formula is C8H16Br2. The number of hydrogen-bond acceptors (Lipinski definition) is 0. The molecule has 0 nitrogen and oxygen atoms in total. The minimum Gasteiger partial charge on any atom is -0.0966 e. The van der Waals surface area contributed by atoms with Gasteiger partial charge >= 0.3 is 0 Å². The fourth-order valence-electron chi connectivity index (χ4n) is 1.34. The molecule has 2 heteroatoms. The van der Waals surface area contributed by atoms with Crippen molar-refractivity contribution in [3.05, 3.63) is 0 Å². The molecule has 1 fully saturated rings. The number of hydrogen-bond donors (Lipinski definition) is 0. The normalized spacial score (nSPS) is 19.5. The Morgan fingerprint density at radius 3 is 1.90 bits per heavy atom. The lowest BCUT2D eigenvalue weighted by atomic mass is 9.91. The Morgan fingerprint density at radius 1 is 1.10 bits per heavy atom. The Labute approximate surface area is 81.0 Å². The minimum absolute atomic E-state index is 1.00. The lowest BCUT2D eigenvalue weighted by Crippen LogP contribution is -2.06. The third-order valence-electron chi connectivity index (χ3n) is 1.94. The second kappa shape index (κ2) is 8.06. The summed E-state index contributed by atoms with van der Waals surface area (Å²) in [5, 5.41) is 1.23. The van der Waals surface area contributed by atoms with E-state index in [1.54, 1.807) is 0 Å². The van der Waals surface area contributed by atoms with Crippen LogP contribution in [0.2, 0.25) is 0 Å². The van der Waals surface area contributed by atoms with Crippen molar-refractivity contribution >= 4 is 31.9 Å². The first-order valence-corrected chi connectivity index (χ1v) is 6.58. The summed E-state index contributed by atoms with van der Waals surface area (Å²) in [6.07, 6.45) is 7.34. The van der Waals surface area contributed by atoms with Crippen LogP contribution in [-0.4, -0.2) is 11.2 Å². The minimum atomic E-state index is 1.00. The van der Waals surface area contributed by atoms with E-state index >= 15 is 0 Å². The molecule has 0 amide bonds. The monoisotopic (exact) mass is 270 g/mol. The van der Waals surface area contributed by atoms with E-state index in [2.05, 4.69) is 31.9 Å². The van der Waals surface area contributed by atoms with E-state index in [4.69, 9.17) is 0 Å². The van der Waals surface area contributed by atoms with Gasteiger partial charge in [-0.2, -0.15) is 0 Å². The molecule has 0 unspecified atom stereocenters. The molecule has 0 aromatic carbocycles. The van der Waals surface area contributed by atoms with E-state index < -0.39 is 0 Å². The van der Waals surface area contributed by atoms with Gasteiger partial charge in [-0.05, 0) is 24.6 Å². The molecule has 1 aliphatic rings. The summed E-state index contributed by atoms with van der Waals surface area (Å²) < 4.78 is 0. The van der Waals surface area contributed by atoms with Gasteiger partial charge in [0.25, 0.3) is 0 Å². The molecule has 0 bridgehead atoms. The van der Waals surface area contributed by atoms with Crippen molar-refractivity contribution < 1.29 is 0 Å². The molecule has 1 saturated carbocycles. The summed E-state index contributed by atoms with van der Waals surface area (Å²) in [4.78, 5) is 0. The van der Waals surface area contributed by atoms with Crippen LogP contribution in [0.15, 0.2) is 0 Å². The molecule has 0 aliphatic heterocycles. The van der Waals surface area contributed by atoms with Gasteiger partial charge in [-0.25, -0.2) is 0 Å². The number of alkyl halides is 2. The zero-order valence-corrected chi connectivity index (χ0v) is 9.75. The van der Waals surface area contributed by atoms with Gasteiger partial charge in [-0.1, -0.05) is 51.1 Å². The second-order valence-corrected chi connectivity index (χ2v) is 3.31. The zero-order chi connectivity index (χ0) is 7.82. The summed E-state index contributed by atoms with van der Waals surface area (Å²) in [7, 11) is 0. The predicted octanol–water partition coefficient (Wildman–Crippen LogP) is 3.97. The van der Waals surface area contributed by atoms with Gasteiger partial charge in [-0.15, -0.1) is 0 Å². The van der Waals surface area contributed by atoms with Crippen molar-refractivity contribution in [3.8, 4) is 0 Å². The van der Waals surface area contributed by atoms with Gasteiger partial charge < -0.3 is 0 Å². The van der Waals surface area contributed by atoms with Crippen molar-refractivity contribution in [2.24, 2.45) is 5.92 Å². The maximum Gasteiger partial charge on any atom is 0.00596 e. The van der Waals surface area contributed by atoms with Crippen molar-refractivity contribution in [2.45, 2.75) is 32.1 Å². The predicted molar refractivity (Wildman–Crippen MR) is 55.2 cm³/mol. The highest BCUT2D eigenvalue weighted by Gasteiger charge is 2.10. The van der Waals surface area contributed by atoms with E-state index in [-0.39, 0.29) is 0 Å². The van der Waals surface area contributed by atoms with Crippen LogP contribution in [0.3, 0.4) is 0 Å². The third-order valence-corrected chi connectivity index (χ3v) is 2.86. The van der Waals surface area contributed by atoms with Gasteiger partial charge in [0.05, 0.1) is 0 Å². The topological polar surface area (TPSA) is 0 Å². The van der Waals surface area contributed by atoms with Gasteiger partial charge in [0, 0.05) is 5.33 Å². The average molecular weight is 272 g/mol. The summed E-state index contributed by atoms with van der Waals surface area (Å²) in [6.45, 7) is 0. The maximum atomic E-state index is 3.51. The maximum absolute atomic E-state index is 3.51. The van der Waals surface area contributed by atoms with Gasteiger partial charge in [0.1, 0.15) is 0 Å². The van der Waals surface area contributed by atoms with E-state index in [9.17, 15) is 0 Å². The van der Waals surface area contributed by atoms with E-state index in [1.165, 1.54) is 37.4 Å². The lowest BCUT2D eigenvalue weighted by Gasteiger charge is -2.18. The number of rotatable bonds is 1. The molecule has 1 rings (SSSR count). The molecule has 0 saturated heterocycles. The van der Waals surface area contributed by atoms with Crippen LogP contribution < -0.4 is 0 Å². The standard InChI is InChI=1S/C7H13Br.CH3Br/c8-6-7-4-2-1-3-5-7;1-2/h7H,1-6H2;1H3. The molecule has 1 aliphatic carbocycles. The first-order valence-electron chi connectivity index (χ1n) is 3.87. The summed E-state index contributed by atoms with van der Waals surface area (Å²) in [6, 6.07) is 0. The summed E-state index contributed by atoms with van der Waals surface area (Å²) >= 11 is 6.45. The highest BCUT2D eigenvalue weighted by atomic mass is 79.9. The average Bonchev–Trinajstić information content (AvgIpc) is 2.10. The molecule has 62 valence electrons. The highest BCUT2D eigenvalue weighted by molar-refractivity contribution is 9.09. The van der Waals surface area contributed by atoms with Gasteiger partial charge in [0.2, 0.25) is 0 Å². The molecule has 0 heterocycles. The SMILES string of the molecule is BrCC1CCCCC1.CBr. The molecule has 0 radical (unpaired) electrons. The Hall–Kier alpha value is 0.960. The first kappa shape index (κ1) is 11.0. The van der Waals surface area contributed by atoms with Crippen LogP contribution in [0.1, 0.15) is 32.1 Å². The van der Waals surface area contributed by atoms with Gasteiger partial charge in [0.15, 0.2) is 0 Å². The lowest BCUT2D eigenvalue weighted by molar-refractivity contribution is 0.392. The molecule has 0 aromatic rings. The van der Waals surface area contributed by atoms with Crippen molar-refractivity contribution in [1.29, 1.82) is 0 Å². The van der Waals surface area contributed by atoms with Gasteiger partial charge in [-0.3, -0.25) is 0 Å². The summed E-state index contributed by atoms with van der Waals surface area (Å²) in [5.41, 5.74) is 0. The zero-order valence-electron chi connectivity index (χ0n) is 6.58. The van der Waals surface area contributed by atoms with Crippen LogP contribution in [0, 0.1) is 5.92 Å². The smallest absolute Gasteiger partial charge is 0.00596 e. The van der Waals surface area contributed by atoms with Crippen LogP contribution in [0.5, 0.6) is 0 Å². The van der Waals surface area contributed by atoms with E-state index in [0.29, 0.717) is 0 Å². The molecular weight excluding hydrogens is 256 g/mol. The van der Waals surface area contributed by atoms with Crippen molar-refractivity contribution in [1.82, 2.24) is 0 Å². The Balaban J connectivity index is 0.000000371. The molecule has 0 N–H and O–H groups in total. The molecule has 10 heavy (non-hydrogen) atoms. The Morgan fingerprint density at radius 2 is 1.60 bits per heavy atom. The Kier molecular flexibility index (Phi) is 8.83. The van der Waals surface area contributed by atoms with Crippen LogP contribution in [-0.2, 0) is 0 Å². The van der Waals surface area contributed by atoms with Crippen molar-refractivity contribution in [3.63, 3.8) is 0 Å². The van der Waals surface area contributed by atoms with Crippen molar-refractivity contribution in [2.75, 3.05) is 11.2 Å². The largest absolute Gasteiger partial charge is 0.0966 e. The van der Waals surface area contributed by atoms with E-state index in [1.807, 2.05) is 5.83 Å². The Bertz CT molecular complexity index is 58.3. The molecule has 0 atom stereocenters. The van der Waals surface area contributed by atoms with E-state index in [0.717, 1.165) is 5.92 Å². The molecule has 0 aromatic heterocycles. The van der Waals surface area contributed by atoms with Crippen LogP contribution in [0.4, 0.5) is 0 Å². The van der Waals surface area contributed by atoms with Crippen LogP contribution in [0.25, 0.3) is 0 Å². The summed E-state index contributed by atoms with van der Waals surface area (Å²) in [5.74, 6) is 2.82. The second-order valence-electron chi connectivity index (χ2n) is 2.66. The van der Waals surface area contributed by atoms with Crippen LogP contribution >= 0.6 is 31.9 Å². The fourth-order valence-corrected chi connectivity index (χ4v) is 1.99. The quantitative estimate of drug-likeness (QED) is 0.633. The highest BCUT2D eigenvalue weighted by Crippen LogP contribution is 2.24. The fraction of sp³-hybridized carbons (Fsp3) is 1.00.